The van der Waals surface area contributed by atoms with Gasteiger partial charge in [0.1, 0.15) is 5.82 Å². The molecule has 1 heterocycles. The first kappa shape index (κ1) is 7.83. The number of benzene rings is 1. The Bertz CT molecular complexity index is 438. The number of fused-ring (bicyclic) bond motifs is 1. The van der Waals surface area contributed by atoms with Gasteiger partial charge in [-0.15, -0.1) is 11.3 Å². The summed E-state index contributed by atoms with van der Waals surface area (Å²) in [4.78, 5) is 0. The van der Waals surface area contributed by atoms with E-state index in [1.165, 1.54) is 23.5 Å². The molecule has 62 valence electrons. The largest absolute Gasteiger partial charge is 0.398 e. The molecule has 0 saturated carbocycles. The minimum atomic E-state index is -0.349. The third-order valence-electron chi connectivity index (χ3n) is 1.62. The van der Waals surface area contributed by atoms with E-state index >= 15 is 0 Å². The van der Waals surface area contributed by atoms with E-state index in [1.807, 2.05) is 0 Å². The molecular formula is C8H5ClFNS. The number of nitrogens with two attached hydrogens (primary N) is 1. The Balaban J connectivity index is 2.92. The number of hydrogen-bond donors (Lipinski definition) is 1. The Labute approximate surface area is 77.6 Å². The molecule has 2 aromatic rings. The summed E-state index contributed by atoms with van der Waals surface area (Å²) in [6.45, 7) is 0. The van der Waals surface area contributed by atoms with Crippen molar-refractivity contribution in [3.63, 3.8) is 0 Å². The van der Waals surface area contributed by atoms with E-state index in [9.17, 15) is 4.39 Å². The molecule has 1 aromatic carbocycles. The molecule has 0 atom stereocenters. The maximum Gasteiger partial charge on any atom is 0.125 e. The van der Waals surface area contributed by atoms with Gasteiger partial charge in [-0.25, -0.2) is 4.39 Å². The van der Waals surface area contributed by atoms with Crippen LogP contribution in [0.2, 0.25) is 5.02 Å². The van der Waals surface area contributed by atoms with Crippen molar-refractivity contribution in [3.05, 3.63) is 28.4 Å². The van der Waals surface area contributed by atoms with E-state index in [0.29, 0.717) is 16.1 Å². The van der Waals surface area contributed by atoms with Crippen LogP contribution in [-0.2, 0) is 0 Å². The molecule has 12 heavy (non-hydrogen) atoms. The summed E-state index contributed by atoms with van der Waals surface area (Å²) >= 11 is 7.22. The summed E-state index contributed by atoms with van der Waals surface area (Å²) in [6.07, 6.45) is 0. The second kappa shape index (κ2) is 2.61. The van der Waals surface area contributed by atoms with Gasteiger partial charge in [-0.1, -0.05) is 11.6 Å². The van der Waals surface area contributed by atoms with E-state index in [0.717, 1.165) is 4.70 Å². The molecule has 1 aromatic heterocycles. The first-order valence-corrected chi connectivity index (χ1v) is 4.56. The van der Waals surface area contributed by atoms with E-state index in [1.54, 1.807) is 5.38 Å². The highest BCUT2D eigenvalue weighted by atomic mass is 35.5. The van der Waals surface area contributed by atoms with Crippen LogP contribution in [0.3, 0.4) is 0 Å². The van der Waals surface area contributed by atoms with E-state index in [-0.39, 0.29) is 5.82 Å². The summed E-state index contributed by atoms with van der Waals surface area (Å²) in [5, 5.41) is 2.88. The molecule has 0 fully saturated rings. The van der Waals surface area contributed by atoms with Crippen molar-refractivity contribution in [3.8, 4) is 0 Å². The van der Waals surface area contributed by atoms with Crippen molar-refractivity contribution >= 4 is 38.7 Å². The van der Waals surface area contributed by atoms with Gasteiger partial charge in [0.05, 0.1) is 15.4 Å². The molecule has 1 nitrogen and oxygen atoms in total. The summed E-state index contributed by atoms with van der Waals surface area (Å²) in [5.74, 6) is -0.349. The van der Waals surface area contributed by atoms with Gasteiger partial charge in [-0.05, 0) is 12.1 Å². The number of anilines is 1. The molecule has 0 radical (unpaired) electrons. The monoisotopic (exact) mass is 201 g/mol. The maximum atomic E-state index is 12.8. The van der Waals surface area contributed by atoms with Crippen molar-refractivity contribution in [1.29, 1.82) is 0 Å². The SMILES string of the molecule is Nc1csc2c(Cl)cc(F)cc12. The number of nitrogen functional groups attached to an aromatic ring is 1. The lowest BCUT2D eigenvalue weighted by molar-refractivity contribution is 0.630. The van der Waals surface area contributed by atoms with E-state index < -0.39 is 0 Å². The first-order valence-electron chi connectivity index (χ1n) is 3.30. The topological polar surface area (TPSA) is 26.0 Å². The Hall–Kier alpha value is -0.800. The summed E-state index contributed by atoms with van der Waals surface area (Å²) in [6, 6.07) is 2.69. The van der Waals surface area contributed by atoms with Crippen molar-refractivity contribution in [2.24, 2.45) is 0 Å². The minimum Gasteiger partial charge on any atom is -0.398 e. The van der Waals surface area contributed by atoms with Crippen LogP contribution in [0.4, 0.5) is 10.1 Å². The molecule has 4 heteroatoms. The van der Waals surface area contributed by atoms with Crippen molar-refractivity contribution in [2.75, 3.05) is 5.73 Å². The standard InChI is InChI=1S/C8H5ClFNS/c9-6-2-4(10)1-5-7(11)3-12-8(5)6/h1-3H,11H2. The Morgan fingerprint density at radius 3 is 2.92 bits per heavy atom. The molecule has 2 rings (SSSR count). The molecule has 0 aliphatic rings. The van der Waals surface area contributed by atoms with Gasteiger partial charge in [0, 0.05) is 10.8 Å². The molecule has 0 amide bonds. The molecular weight excluding hydrogens is 197 g/mol. The second-order valence-electron chi connectivity index (χ2n) is 2.46. The van der Waals surface area contributed by atoms with Crippen molar-refractivity contribution in [1.82, 2.24) is 0 Å². The molecule has 2 N–H and O–H groups in total. The van der Waals surface area contributed by atoms with Crippen LogP contribution in [0.25, 0.3) is 10.1 Å². The fourth-order valence-corrected chi connectivity index (χ4v) is 2.27. The van der Waals surface area contributed by atoms with Gasteiger partial charge in [-0.3, -0.25) is 0 Å². The van der Waals surface area contributed by atoms with Crippen LogP contribution in [0.15, 0.2) is 17.5 Å². The van der Waals surface area contributed by atoms with Crippen LogP contribution in [-0.4, -0.2) is 0 Å². The summed E-state index contributed by atoms with van der Waals surface area (Å²) in [7, 11) is 0. The van der Waals surface area contributed by atoms with Crippen LogP contribution < -0.4 is 5.73 Å². The predicted octanol–water partition coefficient (Wildman–Crippen LogP) is 3.28. The van der Waals surface area contributed by atoms with Crippen molar-refractivity contribution < 1.29 is 4.39 Å². The Morgan fingerprint density at radius 1 is 1.42 bits per heavy atom. The molecule has 0 aliphatic heterocycles. The average molecular weight is 202 g/mol. The normalized spacial score (nSPS) is 10.8. The molecule has 0 saturated heterocycles. The predicted molar refractivity (Wildman–Crippen MR) is 51.2 cm³/mol. The zero-order valence-electron chi connectivity index (χ0n) is 5.97. The lowest BCUT2D eigenvalue weighted by Crippen LogP contribution is -1.81. The summed E-state index contributed by atoms with van der Waals surface area (Å²) < 4.78 is 13.7. The van der Waals surface area contributed by atoms with Gasteiger partial charge in [0.25, 0.3) is 0 Å². The Kier molecular flexibility index (Phi) is 1.70. The molecule has 0 bridgehead atoms. The van der Waals surface area contributed by atoms with Crippen LogP contribution in [0.1, 0.15) is 0 Å². The lowest BCUT2D eigenvalue weighted by Gasteiger charge is -1.94. The fraction of sp³-hybridized carbons (Fsp3) is 0. The number of halogens is 2. The number of rotatable bonds is 0. The average Bonchev–Trinajstić information content (AvgIpc) is 2.33. The highest BCUT2D eigenvalue weighted by Crippen LogP contribution is 2.34. The minimum absolute atomic E-state index is 0.349. The maximum absolute atomic E-state index is 12.8. The van der Waals surface area contributed by atoms with Gasteiger partial charge in [0.15, 0.2) is 0 Å². The number of thiophene rings is 1. The van der Waals surface area contributed by atoms with Crippen LogP contribution in [0, 0.1) is 5.82 Å². The van der Waals surface area contributed by atoms with Gasteiger partial charge >= 0.3 is 0 Å². The highest BCUT2D eigenvalue weighted by molar-refractivity contribution is 7.18. The van der Waals surface area contributed by atoms with Crippen LogP contribution in [0.5, 0.6) is 0 Å². The van der Waals surface area contributed by atoms with Crippen molar-refractivity contribution in [2.45, 2.75) is 0 Å². The molecule has 0 aliphatic carbocycles. The zero-order valence-corrected chi connectivity index (χ0v) is 7.55. The highest BCUT2D eigenvalue weighted by Gasteiger charge is 2.06. The first-order chi connectivity index (χ1) is 5.68. The third-order valence-corrected chi connectivity index (χ3v) is 3.08. The molecule has 0 spiro atoms. The van der Waals surface area contributed by atoms with E-state index in [2.05, 4.69) is 0 Å². The lowest BCUT2D eigenvalue weighted by atomic mass is 10.2. The molecule has 0 unspecified atom stereocenters. The fourth-order valence-electron chi connectivity index (χ4n) is 1.08. The van der Waals surface area contributed by atoms with E-state index in [4.69, 9.17) is 17.3 Å². The second-order valence-corrected chi connectivity index (χ2v) is 3.74. The quantitative estimate of drug-likeness (QED) is 0.696. The van der Waals surface area contributed by atoms with Crippen LogP contribution >= 0.6 is 22.9 Å². The van der Waals surface area contributed by atoms with Gasteiger partial charge < -0.3 is 5.73 Å². The number of hydrogen-bond acceptors (Lipinski definition) is 2. The third kappa shape index (κ3) is 1.06. The Morgan fingerprint density at radius 2 is 2.17 bits per heavy atom. The van der Waals surface area contributed by atoms with Gasteiger partial charge in [-0.2, -0.15) is 0 Å². The zero-order chi connectivity index (χ0) is 8.72. The summed E-state index contributed by atoms with van der Waals surface area (Å²) in [5.41, 5.74) is 6.18. The smallest absolute Gasteiger partial charge is 0.125 e. The van der Waals surface area contributed by atoms with Gasteiger partial charge in [0.2, 0.25) is 0 Å².